The minimum absolute atomic E-state index is 0.212. The highest BCUT2D eigenvalue weighted by Crippen LogP contribution is 2.37. The van der Waals surface area contributed by atoms with Crippen molar-refractivity contribution in [3.8, 4) is 22.8 Å². The van der Waals surface area contributed by atoms with E-state index in [0.717, 1.165) is 28.6 Å². The largest absolute Gasteiger partial charge is 0.455 e. The fourth-order valence-corrected chi connectivity index (χ4v) is 4.34. The molecule has 0 spiro atoms. The lowest BCUT2D eigenvalue weighted by Crippen LogP contribution is -1.96. The van der Waals surface area contributed by atoms with Gasteiger partial charge in [0.1, 0.15) is 17.5 Å². The molecule has 0 saturated heterocycles. The first-order valence-electron chi connectivity index (χ1n) is 9.87. The number of nitrogens with zero attached hydrogens (tertiary/aromatic N) is 3. The Morgan fingerprint density at radius 2 is 1.94 bits per heavy atom. The Hall–Kier alpha value is -3.69. The van der Waals surface area contributed by atoms with E-state index < -0.39 is 9.84 Å². The molecular weight excluding hydrogens is 464 g/mol. The SMILES string of the molecule is CS(=O)(=O)c1ccc(Oc2cc(-c3ncccc3Cl)cc3c(Cc4ccon4)[nH]nc23)cc1. The predicted molar refractivity (Wildman–Crippen MR) is 123 cm³/mol. The molecule has 0 amide bonds. The average molecular weight is 481 g/mol. The van der Waals surface area contributed by atoms with Crippen molar-refractivity contribution in [2.75, 3.05) is 6.26 Å². The zero-order valence-corrected chi connectivity index (χ0v) is 18.9. The number of benzene rings is 2. The first-order valence-corrected chi connectivity index (χ1v) is 12.1. The molecule has 8 nitrogen and oxygen atoms in total. The van der Waals surface area contributed by atoms with Crippen LogP contribution < -0.4 is 4.74 Å². The van der Waals surface area contributed by atoms with Crippen molar-refractivity contribution in [1.82, 2.24) is 20.3 Å². The summed E-state index contributed by atoms with van der Waals surface area (Å²) < 4.78 is 34.6. The lowest BCUT2D eigenvalue weighted by molar-refractivity contribution is 0.413. The van der Waals surface area contributed by atoms with Crippen molar-refractivity contribution >= 4 is 32.3 Å². The van der Waals surface area contributed by atoms with Gasteiger partial charge in [-0.15, -0.1) is 0 Å². The standard InChI is InChI=1S/C23H17ClN4O4S/c1-33(29,30)17-6-4-16(5-7-17)32-21-12-14(22-19(24)3-2-9-25-22)11-18-20(26-27-23(18)21)13-15-8-10-31-28-15/h2-12H,13H2,1H3,(H,26,27). The second-order valence-corrected chi connectivity index (χ2v) is 9.84. The summed E-state index contributed by atoms with van der Waals surface area (Å²) in [4.78, 5) is 4.63. The Morgan fingerprint density at radius 1 is 1.12 bits per heavy atom. The van der Waals surface area contributed by atoms with Gasteiger partial charge in [0.15, 0.2) is 15.6 Å². The van der Waals surface area contributed by atoms with E-state index in [1.165, 1.54) is 18.4 Å². The number of hydrogen-bond acceptors (Lipinski definition) is 7. The van der Waals surface area contributed by atoms with Crippen molar-refractivity contribution in [2.45, 2.75) is 11.3 Å². The number of fused-ring (bicyclic) bond motifs is 1. The minimum Gasteiger partial charge on any atom is -0.455 e. The average Bonchev–Trinajstić information content (AvgIpc) is 3.45. The molecule has 3 aromatic heterocycles. The van der Waals surface area contributed by atoms with Crippen LogP contribution in [0.4, 0.5) is 0 Å². The van der Waals surface area contributed by atoms with Crippen LogP contribution in [0.1, 0.15) is 11.4 Å². The van der Waals surface area contributed by atoms with Gasteiger partial charge in [-0.1, -0.05) is 16.8 Å². The third-order valence-corrected chi connectivity index (χ3v) is 6.50. The maximum Gasteiger partial charge on any atom is 0.175 e. The molecule has 5 aromatic rings. The van der Waals surface area contributed by atoms with Gasteiger partial charge >= 0.3 is 0 Å². The van der Waals surface area contributed by atoms with Crippen LogP contribution >= 0.6 is 11.6 Å². The molecule has 0 bridgehead atoms. The monoisotopic (exact) mass is 480 g/mol. The first kappa shape index (κ1) is 21.2. The molecule has 0 aliphatic heterocycles. The van der Waals surface area contributed by atoms with Crippen molar-refractivity contribution in [3.05, 3.63) is 83.5 Å². The molecule has 5 rings (SSSR count). The molecule has 0 unspecified atom stereocenters. The van der Waals surface area contributed by atoms with E-state index in [2.05, 4.69) is 20.3 Å². The van der Waals surface area contributed by atoms with Crippen LogP contribution in [0.2, 0.25) is 5.02 Å². The summed E-state index contributed by atoms with van der Waals surface area (Å²) in [6, 6.07) is 15.3. The highest BCUT2D eigenvalue weighted by atomic mass is 35.5. The topological polar surface area (TPSA) is 111 Å². The third-order valence-electron chi connectivity index (χ3n) is 5.06. The van der Waals surface area contributed by atoms with Crippen molar-refractivity contribution in [3.63, 3.8) is 0 Å². The number of H-pyrrole nitrogens is 1. The molecule has 33 heavy (non-hydrogen) atoms. The summed E-state index contributed by atoms with van der Waals surface area (Å²) in [6.07, 6.45) is 4.82. The summed E-state index contributed by atoms with van der Waals surface area (Å²) in [5, 5.41) is 12.8. The van der Waals surface area contributed by atoms with E-state index in [-0.39, 0.29) is 4.90 Å². The van der Waals surface area contributed by atoms with Crippen molar-refractivity contribution in [1.29, 1.82) is 0 Å². The Bertz CT molecular complexity index is 1550. The van der Waals surface area contributed by atoms with Crippen molar-refractivity contribution < 1.29 is 17.7 Å². The summed E-state index contributed by atoms with van der Waals surface area (Å²) in [6.45, 7) is 0. The Morgan fingerprint density at radius 3 is 2.64 bits per heavy atom. The maximum absolute atomic E-state index is 11.8. The minimum atomic E-state index is -3.31. The Labute approximate surface area is 194 Å². The fraction of sp³-hybridized carbons (Fsp3) is 0.0870. The van der Waals surface area contributed by atoms with Crippen LogP contribution in [-0.4, -0.2) is 35.0 Å². The van der Waals surface area contributed by atoms with Crippen LogP contribution in [0.3, 0.4) is 0 Å². The van der Waals surface area contributed by atoms with Crippen LogP contribution in [0.25, 0.3) is 22.2 Å². The zero-order chi connectivity index (χ0) is 23.0. The number of sulfone groups is 1. The second-order valence-electron chi connectivity index (χ2n) is 7.42. The lowest BCUT2D eigenvalue weighted by Gasteiger charge is -2.10. The molecule has 0 aliphatic rings. The van der Waals surface area contributed by atoms with Gasteiger partial charge in [-0.2, -0.15) is 5.10 Å². The van der Waals surface area contributed by atoms with Gasteiger partial charge in [0.25, 0.3) is 0 Å². The molecule has 0 atom stereocenters. The number of hydrogen-bond donors (Lipinski definition) is 1. The van der Waals surface area contributed by atoms with Crippen LogP contribution in [0.5, 0.6) is 11.5 Å². The number of rotatable bonds is 6. The van der Waals surface area contributed by atoms with E-state index >= 15 is 0 Å². The summed E-state index contributed by atoms with van der Waals surface area (Å²) in [7, 11) is -3.31. The number of halogens is 1. The van der Waals surface area contributed by atoms with Gasteiger partial charge in [-0.3, -0.25) is 10.1 Å². The normalized spacial score (nSPS) is 11.7. The molecule has 2 aromatic carbocycles. The number of nitrogens with one attached hydrogen (secondary N) is 1. The number of aromatic nitrogens is 4. The van der Waals surface area contributed by atoms with E-state index in [1.54, 1.807) is 36.5 Å². The van der Waals surface area contributed by atoms with E-state index in [4.69, 9.17) is 20.9 Å². The Kier molecular flexibility index (Phi) is 5.35. The van der Waals surface area contributed by atoms with Crippen molar-refractivity contribution in [2.24, 2.45) is 0 Å². The number of ether oxygens (including phenoxy) is 1. The number of aromatic amines is 1. The third kappa shape index (κ3) is 4.33. The Balaban J connectivity index is 1.62. The first-order chi connectivity index (χ1) is 15.9. The molecule has 10 heteroatoms. The van der Waals surface area contributed by atoms with Gasteiger partial charge in [0.05, 0.1) is 21.3 Å². The lowest BCUT2D eigenvalue weighted by atomic mass is 10.0. The molecule has 0 saturated carbocycles. The van der Waals surface area contributed by atoms with Crippen LogP contribution in [0, 0.1) is 0 Å². The number of pyridine rings is 1. The molecule has 0 radical (unpaired) electrons. The van der Waals surface area contributed by atoms with Crippen LogP contribution in [-0.2, 0) is 16.3 Å². The zero-order valence-electron chi connectivity index (χ0n) is 17.3. The smallest absolute Gasteiger partial charge is 0.175 e. The molecule has 1 N–H and O–H groups in total. The van der Waals surface area contributed by atoms with Gasteiger partial charge in [-0.25, -0.2) is 8.42 Å². The van der Waals surface area contributed by atoms with Crippen LogP contribution in [0.15, 0.2) is 76.5 Å². The van der Waals surface area contributed by atoms with Gasteiger partial charge in [-0.05, 0) is 48.5 Å². The highest BCUT2D eigenvalue weighted by Gasteiger charge is 2.17. The van der Waals surface area contributed by atoms with Gasteiger partial charge in [0, 0.05) is 41.6 Å². The maximum atomic E-state index is 11.8. The summed E-state index contributed by atoms with van der Waals surface area (Å²) in [5.41, 5.74) is 3.54. The van der Waals surface area contributed by atoms with E-state index in [9.17, 15) is 8.42 Å². The summed E-state index contributed by atoms with van der Waals surface area (Å²) >= 11 is 6.41. The summed E-state index contributed by atoms with van der Waals surface area (Å²) in [5.74, 6) is 0.938. The van der Waals surface area contributed by atoms with E-state index in [1.807, 2.05) is 12.1 Å². The van der Waals surface area contributed by atoms with E-state index in [0.29, 0.717) is 34.2 Å². The quantitative estimate of drug-likeness (QED) is 0.362. The van der Waals surface area contributed by atoms with Gasteiger partial charge < -0.3 is 9.26 Å². The van der Waals surface area contributed by atoms with Gasteiger partial charge in [0.2, 0.25) is 0 Å². The molecule has 166 valence electrons. The molecule has 3 heterocycles. The fourth-order valence-electron chi connectivity index (χ4n) is 3.48. The highest BCUT2D eigenvalue weighted by molar-refractivity contribution is 7.90. The molecular formula is C23H17ClN4O4S. The molecule has 0 fully saturated rings. The molecule has 0 aliphatic carbocycles. The predicted octanol–water partition coefficient (Wildman–Crippen LogP) is 5.05. The second kappa shape index (κ2) is 8.34.